The molecule has 1 aromatic heterocycles. The van der Waals surface area contributed by atoms with Crippen molar-refractivity contribution in [3.8, 4) is 5.75 Å². The monoisotopic (exact) mass is 229 g/mol. The number of rotatable bonds is 3. The van der Waals surface area contributed by atoms with Crippen molar-refractivity contribution in [1.29, 1.82) is 0 Å². The minimum atomic E-state index is 0.353. The maximum absolute atomic E-state index is 5.66. The highest BCUT2D eigenvalue weighted by molar-refractivity contribution is 5.43. The van der Waals surface area contributed by atoms with Gasteiger partial charge < -0.3 is 10.5 Å². The van der Waals surface area contributed by atoms with Crippen molar-refractivity contribution in [2.45, 2.75) is 20.5 Å². The van der Waals surface area contributed by atoms with Gasteiger partial charge in [-0.25, -0.2) is 9.97 Å². The zero-order valence-corrected chi connectivity index (χ0v) is 9.97. The van der Waals surface area contributed by atoms with Crippen LogP contribution in [-0.2, 0) is 6.61 Å². The molecular formula is C13H15N3O. The van der Waals surface area contributed by atoms with Gasteiger partial charge in [-0.2, -0.15) is 0 Å². The first kappa shape index (κ1) is 11.4. The average Bonchev–Trinajstić information content (AvgIpc) is 2.25. The summed E-state index contributed by atoms with van der Waals surface area (Å²) in [5, 5.41) is 0. The molecule has 0 bridgehead atoms. The van der Waals surface area contributed by atoms with Crippen LogP contribution in [0, 0.1) is 13.8 Å². The second kappa shape index (κ2) is 4.82. The molecule has 0 spiro atoms. The molecule has 2 rings (SSSR count). The zero-order chi connectivity index (χ0) is 12.3. The maximum Gasteiger partial charge on any atom is 0.166 e. The van der Waals surface area contributed by atoms with E-state index in [4.69, 9.17) is 10.5 Å². The van der Waals surface area contributed by atoms with Crippen LogP contribution in [0.3, 0.4) is 0 Å². The van der Waals surface area contributed by atoms with Crippen LogP contribution in [0.2, 0.25) is 0 Å². The van der Waals surface area contributed by atoms with E-state index in [-0.39, 0.29) is 0 Å². The van der Waals surface area contributed by atoms with Crippen molar-refractivity contribution in [3.63, 3.8) is 0 Å². The molecule has 0 saturated heterocycles. The van der Waals surface area contributed by atoms with Crippen molar-refractivity contribution in [2.24, 2.45) is 0 Å². The second-order valence-electron chi connectivity index (χ2n) is 3.93. The van der Waals surface area contributed by atoms with E-state index in [9.17, 15) is 0 Å². The first-order valence-electron chi connectivity index (χ1n) is 5.43. The molecule has 0 saturated carbocycles. The third-order valence-electron chi connectivity index (χ3n) is 2.25. The second-order valence-corrected chi connectivity index (χ2v) is 3.93. The number of nitrogen functional groups attached to an aromatic ring is 1. The molecule has 0 atom stereocenters. The smallest absolute Gasteiger partial charge is 0.166 e. The van der Waals surface area contributed by atoms with Gasteiger partial charge in [-0.1, -0.05) is 6.07 Å². The third kappa shape index (κ3) is 3.17. The lowest BCUT2D eigenvalue weighted by atomic mass is 10.3. The van der Waals surface area contributed by atoms with E-state index in [2.05, 4.69) is 9.97 Å². The van der Waals surface area contributed by atoms with Gasteiger partial charge in [0.15, 0.2) is 5.82 Å². The average molecular weight is 229 g/mol. The van der Waals surface area contributed by atoms with Gasteiger partial charge in [0.05, 0.1) is 0 Å². The van der Waals surface area contributed by atoms with Crippen molar-refractivity contribution in [1.82, 2.24) is 9.97 Å². The van der Waals surface area contributed by atoms with Crippen LogP contribution in [0.5, 0.6) is 5.75 Å². The van der Waals surface area contributed by atoms with Gasteiger partial charge in [0.2, 0.25) is 0 Å². The van der Waals surface area contributed by atoms with E-state index >= 15 is 0 Å². The summed E-state index contributed by atoms with van der Waals surface area (Å²) < 4.78 is 5.58. The molecule has 0 aliphatic rings. The molecule has 0 radical (unpaired) electrons. The molecular weight excluding hydrogens is 214 g/mol. The Balaban J connectivity index is 2.07. The number of benzene rings is 1. The van der Waals surface area contributed by atoms with Gasteiger partial charge in [-0.05, 0) is 32.0 Å². The molecule has 0 amide bonds. The highest BCUT2D eigenvalue weighted by atomic mass is 16.5. The predicted octanol–water partition coefficient (Wildman–Crippen LogP) is 2.25. The number of hydrogen-bond donors (Lipinski definition) is 1. The summed E-state index contributed by atoms with van der Waals surface area (Å²) in [5.74, 6) is 1.41. The Kier molecular flexibility index (Phi) is 3.23. The fourth-order valence-corrected chi connectivity index (χ4v) is 1.62. The Morgan fingerprint density at radius 1 is 1.12 bits per heavy atom. The molecule has 0 aliphatic heterocycles. The van der Waals surface area contributed by atoms with Crippen LogP contribution in [0.4, 0.5) is 5.69 Å². The number of nitrogens with zero attached hydrogens (tertiary/aromatic N) is 2. The molecule has 4 heteroatoms. The van der Waals surface area contributed by atoms with E-state index in [0.29, 0.717) is 18.1 Å². The molecule has 0 unspecified atom stereocenters. The van der Waals surface area contributed by atoms with Crippen LogP contribution >= 0.6 is 0 Å². The van der Waals surface area contributed by atoms with Gasteiger partial charge in [0.25, 0.3) is 0 Å². The van der Waals surface area contributed by atoms with Crippen molar-refractivity contribution in [3.05, 3.63) is 47.5 Å². The van der Waals surface area contributed by atoms with Crippen LogP contribution < -0.4 is 10.5 Å². The summed E-state index contributed by atoms with van der Waals surface area (Å²) in [5.41, 5.74) is 8.24. The lowest BCUT2D eigenvalue weighted by molar-refractivity contribution is 0.295. The lowest BCUT2D eigenvalue weighted by Gasteiger charge is -2.07. The summed E-state index contributed by atoms with van der Waals surface area (Å²) in [7, 11) is 0. The standard InChI is InChI=1S/C13H15N3O/c1-9-6-10(2)16-13(15-9)8-17-12-5-3-4-11(14)7-12/h3-7H,8,14H2,1-2H3. The molecule has 88 valence electrons. The summed E-state index contributed by atoms with van der Waals surface area (Å²) >= 11 is 0. The van der Waals surface area contributed by atoms with Crippen LogP contribution in [-0.4, -0.2) is 9.97 Å². The Morgan fingerprint density at radius 3 is 2.47 bits per heavy atom. The highest BCUT2D eigenvalue weighted by Crippen LogP contribution is 2.15. The number of anilines is 1. The maximum atomic E-state index is 5.66. The molecule has 4 nitrogen and oxygen atoms in total. The summed E-state index contributed by atoms with van der Waals surface area (Å²) in [6.45, 7) is 4.24. The van der Waals surface area contributed by atoms with Crippen molar-refractivity contribution in [2.75, 3.05) is 5.73 Å². The molecule has 0 aliphatic carbocycles. The Morgan fingerprint density at radius 2 is 1.82 bits per heavy atom. The zero-order valence-electron chi connectivity index (χ0n) is 9.97. The fraction of sp³-hybridized carbons (Fsp3) is 0.231. The Hall–Kier alpha value is -2.10. The quantitative estimate of drug-likeness (QED) is 0.820. The van der Waals surface area contributed by atoms with Crippen molar-refractivity contribution >= 4 is 5.69 Å². The summed E-state index contributed by atoms with van der Waals surface area (Å²) in [4.78, 5) is 8.61. The Labute approximate surface area is 100 Å². The molecule has 17 heavy (non-hydrogen) atoms. The number of nitrogens with two attached hydrogens (primary N) is 1. The third-order valence-corrected chi connectivity index (χ3v) is 2.25. The predicted molar refractivity (Wildman–Crippen MR) is 66.7 cm³/mol. The topological polar surface area (TPSA) is 61.0 Å². The summed E-state index contributed by atoms with van der Waals surface area (Å²) in [6, 6.07) is 9.25. The summed E-state index contributed by atoms with van der Waals surface area (Å²) in [6.07, 6.45) is 0. The van der Waals surface area contributed by atoms with Gasteiger partial charge >= 0.3 is 0 Å². The highest BCUT2D eigenvalue weighted by Gasteiger charge is 2.01. The largest absolute Gasteiger partial charge is 0.486 e. The van der Waals surface area contributed by atoms with Crippen LogP contribution in [0.15, 0.2) is 30.3 Å². The van der Waals surface area contributed by atoms with Gasteiger partial charge in [-0.15, -0.1) is 0 Å². The van der Waals surface area contributed by atoms with Gasteiger partial charge in [0.1, 0.15) is 12.4 Å². The lowest BCUT2D eigenvalue weighted by Crippen LogP contribution is -2.04. The Bertz CT molecular complexity index is 506. The van der Waals surface area contributed by atoms with Crippen molar-refractivity contribution < 1.29 is 4.74 Å². The van der Waals surface area contributed by atoms with Crippen LogP contribution in [0.1, 0.15) is 17.2 Å². The van der Waals surface area contributed by atoms with E-state index in [1.807, 2.05) is 38.1 Å². The minimum Gasteiger partial charge on any atom is -0.486 e. The number of ether oxygens (including phenoxy) is 1. The van der Waals surface area contributed by atoms with E-state index in [0.717, 1.165) is 17.1 Å². The molecule has 1 heterocycles. The van der Waals surface area contributed by atoms with E-state index in [1.165, 1.54) is 0 Å². The molecule has 0 fully saturated rings. The number of hydrogen-bond acceptors (Lipinski definition) is 4. The first-order chi connectivity index (χ1) is 8.13. The van der Waals surface area contributed by atoms with E-state index in [1.54, 1.807) is 6.07 Å². The van der Waals surface area contributed by atoms with Crippen LogP contribution in [0.25, 0.3) is 0 Å². The van der Waals surface area contributed by atoms with E-state index < -0.39 is 0 Å². The SMILES string of the molecule is Cc1cc(C)nc(COc2cccc(N)c2)n1. The molecule has 2 aromatic rings. The molecule has 1 aromatic carbocycles. The molecule has 2 N–H and O–H groups in total. The fourth-order valence-electron chi connectivity index (χ4n) is 1.62. The first-order valence-corrected chi connectivity index (χ1v) is 5.43. The number of aromatic nitrogens is 2. The van der Waals surface area contributed by atoms with Gasteiger partial charge in [0, 0.05) is 23.1 Å². The van der Waals surface area contributed by atoms with Gasteiger partial charge in [-0.3, -0.25) is 0 Å². The minimum absolute atomic E-state index is 0.353. The normalized spacial score (nSPS) is 10.2. The number of aryl methyl sites for hydroxylation is 2.